The molecule has 0 atom stereocenters. The highest BCUT2D eigenvalue weighted by Crippen LogP contribution is 2.32. The Balaban J connectivity index is 1.96. The summed E-state index contributed by atoms with van der Waals surface area (Å²) in [4.78, 5) is 12.2. The summed E-state index contributed by atoms with van der Waals surface area (Å²) < 4.78 is 13.8. The quantitative estimate of drug-likeness (QED) is 0.775. The fourth-order valence-corrected chi connectivity index (χ4v) is 3.10. The van der Waals surface area contributed by atoms with Crippen molar-refractivity contribution in [2.24, 2.45) is 11.8 Å². The fourth-order valence-electron chi connectivity index (χ4n) is 2.91. The molecular weight excluding hydrogens is 263 g/mol. The zero-order chi connectivity index (χ0) is 13.8. The van der Waals surface area contributed by atoms with Crippen molar-refractivity contribution >= 4 is 17.4 Å². The molecule has 3 heteroatoms. The molecule has 1 aliphatic rings. The molecule has 0 N–H and O–H groups in total. The van der Waals surface area contributed by atoms with E-state index in [9.17, 15) is 9.18 Å². The minimum Gasteiger partial charge on any atom is -0.299 e. The van der Waals surface area contributed by atoms with Crippen LogP contribution < -0.4 is 0 Å². The van der Waals surface area contributed by atoms with E-state index in [2.05, 4.69) is 6.92 Å². The van der Waals surface area contributed by atoms with Gasteiger partial charge >= 0.3 is 0 Å². The maximum Gasteiger partial charge on any atom is 0.145 e. The Labute approximate surface area is 119 Å². The highest BCUT2D eigenvalue weighted by molar-refractivity contribution is 6.30. The SMILES string of the molecule is CCC1CCC(C(=O)Cc2cccc(Cl)c2F)CC1. The van der Waals surface area contributed by atoms with Crippen LogP contribution in [0, 0.1) is 17.7 Å². The number of carbonyl (C=O) groups excluding carboxylic acids is 1. The van der Waals surface area contributed by atoms with Gasteiger partial charge in [-0.15, -0.1) is 0 Å². The molecule has 19 heavy (non-hydrogen) atoms. The van der Waals surface area contributed by atoms with E-state index in [1.807, 2.05) is 0 Å². The van der Waals surface area contributed by atoms with Gasteiger partial charge in [0.15, 0.2) is 0 Å². The standard InChI is InChI=1S/C16H20ClFO/c1-2-11-6-8-12(9-7-11)15(19)10-13-4-3-5-14(17)16(13)18/h3-5,11-12H,2,6-10H2,1H3. The minimum absolute atomic E-state index is 0.0972. The van der Waals surface area contributed by atoms with Crippen LogP contribution in [0.15, 0.2) is 18.2 Å². The molecule has 1 nitrogen and oxygen atoms in total. The van der Waals surface area contributed by atoms with Crippen molar-refractivity contribution in [2.75, 3.05) is 0 Å². The molecule has 0 radical (unpaired) electrons. The van der Waals surface area contributed by atoms with Crippen LogP contribution in [0.5, 0.6) is 0 Å². The van der Waals surface area contributed by atoms with E-state index in [1.54, 1.807) is 12.1 Å². The predicted molar refractivity (Wildman–Crippen MR) is 75.9 cm³/mol. The average molecular weight is 283 g/mol. The summed E-state index contributed by atoms with van der Waals surface area (Å²) in [6.07, 6.45) is 5.55. The second kappa shape index (κ2) is 6.51. The van der Waals surface area contributed by atoms with E-state index >= 15 is 0 Å². The predicted octanol–water partition coefficient (Wildman–Crippen LogP) is 4.81. The van der Waals surface area contributed by atoms with Gasteiger partial charge in [-0.1, -0.05) is 37.1 Å². The van der Waals surface area contributed by atoms with Crippen molar-refractivity contribution in [3.05, 3.63) is 34.6 Å². The van der Waals surface area contributed by atoms with Crippen LogP contribution in [0.1, 0.15) is 44.6 Å². The van der Waals surface area contributed by atoms with Gasteiger partial charge in [-0.25, -0.2) is 4.39 Å². The van der Waals surface area contributed by atoms with Gasteiger partial charge in [-0.3, -0.25) is 4.79 Å². The lowest BCUT2D eigenvalue weighted by atomic mass is 9.78. The summed E-state index contributed by atoms with van der Waals surface area (Å²) >= 11 is 5.73. The van der Waals surface area contributed by atoms with Gasteiger partial charge in [0.25, 0.3) is 0 Å². The highest BCUT2D eigenvalue weighted by atomic mass is 35.5. The van der Waals surface area contributed by atoms with Gasteiger partial charge in [0.05, 0.1) is 5.02 Å². The Bertz CT molecular complexity index is 450. The molecule has 1 fully saturated rings. The van der Waals surface area contributed by atoms with E-state index < -0.39 is 5.82 Å². The van der Waals surface area contributed by atoms with Crippen LogP contribution in [0.4, 0.5) is 4.39 Å². The number of ketones is 1. The van der Waals surface area contributed by atoms with Gasteiger partial charge in [0.2, 0.25) is 0 Å². The van der Waals surface area contributed by atoms with Crippen LogP contribution in [-0.2, 0) is 11.2 Å². The smallest absolute Gasteiger partial charge is 0.145 e. The molecule has 0 unspecified atom stereocenters. The van der Waals surface area contributed by atoms with E-state index in [1.165, 1.54) is 12.5 Å². The van der Waals surface area contributed by atoms with E-state index in [0.29, 0.717) is 5.56 Å². The molecule has 2 rings (SSSR count). The number of benzene rings is 1. The van der Waals surface area contributed by atoms with Crippen LogP contribution >= 0.6 is 11.6 Å². The lowest BCUT2D eigenvalue weighted by molar-refractivity contribution is -0.123. The lowest BCUT2D eigenvalue weighted by Gasteiger charge is -2.26. The zero-order valence-corrected chi connectivity index (χ0v) is 12.0. The number of hydrogen-bond acceptors (Lipinski definition) is 1. The highest BCUT2D eigenvalue weighted by Gasteiger charge is 2.26. The topological polar surface area (TPSA) is 17.1 Å². The van der Waals surface area contributed by atoms with Crippen molar-refractivity contribution in [1.29, 1.82) is 0 Å². The molecule has 1 aliphatic carbocycles. The molecule has 1 aromatic rings. The average Bonchev–Trinajstić information content (AvgIpc) is 2.44. The van der Waals surface area contributed by atoms with Crippen LogP contribution in [0.25, 0.3) is 0 Å². The first-order chi connectivity index (χ1) is 9.11. The number of halogens is 2. The van der Waals surface area contributed by atoms with Gasteiger partial charge in [-0.05, 0) is 43.2 Å². The number of rotatable bonds is 4. The zero-order valence-electron chi connectivity index (χ0n) is 11.3. The number of hydrogen-bond donors (Lipinski definition) is 0. The summed E-state index contributed by atoms with van der Waals surface area (Å²) in [7, 11) is 0. The first-order valence-corrected chi connectivity index (χ1v) is 7.45. The third kappa shape index (κ3) is 3.56. The molecule has 0 spiro atoms. The second-order valence-electron chi connectivity index (χ2n) is 5.48. The molecule has 104 valence electrons. The summed E-state index contributed by atoms with van der Waals surface area (Å²) in [5, 5.41) is 0.0972. The maximum absolute atomic E-state index is 13.8. The molecule has 0 bridgehead atoms. The van der Waals surface area contributed by atoms with Crippen molar-refractivity contribution in [2.45, 2.75) is 45.4 Å². The molecule has 0 aromatic heterocycles. The van der Waals surface area contributed by atoms with Crippen molar-refractivity contribution in [1.82, 2.24) is 0 Å². The van der Waals surface area contributed by atoms with Gasteiger partial charge in [0, 0.05) is 12.3 Å². The Morgan fingerprint density at radius 3 is 2.63 bits per heavy atom. The first kappa shape index (κ1) is 14.5. The monoisotopic (exact) mass is 282 g/mol. The normalized spacial score (nSPS) is 23.3. The molecular formula is C16H20ClFO. The summed E-state index contributed by atoms with van der Waals surface area (Å²) in [5.41, 5.74) is 0.426. The summed E-state index contributed by atoms with van der Waals surface area (Å²) in [5.74, 6) is 0.601. The molecule has 0 aliphatic heterocycles. The number of Topliss-reactive ketones (excluding diaryl/α,β-unsaturated/α-hetero) is 1. The first-order valence-electron chi connectivity index (χ1n) is 7.07. The summed E-state index contributed by atoms with van der Waals surface area (Å²) in [6.45, 7) is 2.20. The van der Waals surface area contributed by atoms with Crippen molar-refractivity contribution < 1.29 is 9.18 Å². The van der Waals surface area contributed by atoms with E-state index in [-0.39, 0.29) is 23.1 Å². The van der Waals surface area contributed by atoms with Crippen molar-refractivity contribution in [3.8, 4) is 0 Å². The van der Waals surface area contributed by atoms with Gasteiger partial charge in [-0.2, -0.15) is 0 Å². The summed E-state index contributed by atoms with van der Waals surface area (Å²) in [6, 6.07) is 4.86. The fraction of sp³-hybridized carbons (Fsp3) is 0.562. The Kier molecular flexibility index (Phi) is 4.98. The van der Waals surface area contributed by atoms with Crippen LogP contribution in [-0.4, -0.2) is 5.78 Å². The molecule has 0 amide bonds. The Morgan fingerprint density at radius 2 is 2.00 bits per heavy atom. The Morgan fingerprint density at radius 1 is 1.32 bits per heavy atom. The van der Waals surface area contributed by atoms with Crippen molar-refractivity contribution in [3.63, 3.8) is 0 Å². The van der Waals surface area contributed by atoms with Crippen LogP contribution in [0.2, 0.25) is 5.02 Å². The molecule has 1 saturated carbocycles. The second-order valence-corrected chi connectivity index (χ2v) is 5.89. The largest absolute Gasteiger partial charge is 0.299 e. The van der Waals surface area contributed by atoms with Crippen LogP contribution in [0.3, 0.4) is 0 Å². The van der Waals surface area contributed by atoms with Gasteiger partial charge < -0.3 is 0 Å². The number of carbonyl (C=O) groups is 1. The van der Waals surface area contributed by atoms with E-state index in [0.717, 1.165) is 31.6 Å². The van der Waals surface area contributed by atoms with E-state index in [4.69, 9.17) is 11.6 Å². The molecule has 1 aromatic carbocycles. The van der Waals surface area contributed by atoms with Gasteiger partial charge in [0.1, 0.15) is 11.6 Å². The minimum atomic E-state index is -0.445. The maximum atomic E-state index is 13.8. The Hall–Kier alpha value is -0.890. The lowest BCUT2D eigenvalue weighted by Crippen LogP contribution is -2.23. The third-order valence-corrected chi connectivity index (χ3v) is 4.57. The molecule has 0 saturated heterocycles. The third-order valence-electron chi connectivity index (χ3n) is 4.28. The molecule has 0 heterocycles.